The third-order valence-corrected chi connectivity index (χ3v) is 3.74. The van der Waals surface area contributed by atoms with E-state index in [9.17, 15) is 28.8 Å². The number of carboxylic acids is 2. The van der Waals surface area contributed by atoms with Gasteiger partial charge in [-0.25, -0.2) is 0 Å². The van der Waals surface area contributed by atoms with Crippen molar-refractivity contribution in [1.82, 2.24) is 16.0 Å². The standard InChI is InChI=1S/C16H27N5O8/c1-7(17)13(25)20-10(4-6-12(23)24)15(27)21-9(3-5-11(18)22)14(26)19-8(2)16(28)29/h7-10H,3-6,17H2,1-2H3,(H2,18,22)(H,19,26)(H,20,25)(H,21,27)(H,23,24)(H,28,29). The number of carbonyl (C=O) groups excluding carboxylic acids is 4. The van der Waals surface area contributed by atoms with Crippen LogP contribution in [0.15, 0.2) is 0 Å². The third kappa shape index (κ3) is 10.6. The van der Waals surface area contributed by atoms with Gasteiger partial charge in [-0.05, 0) is 26.7 Å². The maximum absolute atomic E-state index is 12.5. The van der Waals surface area contributed by atoms with Gasteiger partial charge in [0.2, 0.25) is 23.6 Å². The van der Waals surface area contributed by atoms with Gasteiger partial charge < -0.3 is 37.6 Å². The lowest BCUT2D eigenvalue weighted by Crippen LogP contribution is -2.56. The van der Waals surface area contributed by atoms with Crippen molar-refractivity contribution in [2.75, 3.05) is 0 Å². The monoisotopic (exact) mass is 417 g/mol. The first-order valence-corrected chi connectivity index (χ1v) is 8.74. The highest BCUT2D eigenvalue weighted by molar-refractivity contribution is 5.94. The Morgan fingerprint density at radius 1 is 0.793 bits per heavy atom. The van der Waals surface area contributed by atoms with Crippen molar-refractivity contribution < 1.29 is 39.0 Å². The Morgan fingerprint density at radius 2 is 1.24 bits per heavy atom. The molecule has 0 bridgehead atoms. The van der Waals surface area contributed by atoms with Crippen LogP contribution in [0.4, 0.5) is 0 Å². The Kier molecular flexibility index (Phi) is 10.9. The van der Waals surface area contributed by atoms with E-state index in [1.807, 2.05) is 0 Å². The summed E-state index contributed by atoms with van der Waals surface area (Å²) in [6.45, 7) is 2.56. The second-order valence-corrected chi connectivity index (χ2v) is 6.42. The van der Waals surface area contributed by atoms with Crippen LogP contribution in [0.25, 0.3) is 0 Å². The molecule has 13 heteroatoms. The van der Waals surface area contributed by atoms with Gasteiger partial charge in [-0.1, -0.05) is 0 Å². The van der Waals surface area contributed by atoms with Crippen LogP contribution < -0.4 is 27.4 Å². The maximum Gasteiger partial charge on any atom is 0.325 e. The molecule has 0 radical (unpaired) electrons. The van der Waals surface area contributed by atoms with Crippen LogP contribution in [0, 0.1) is 0 Å². The number of nitrogens with one attached hydrogen (secondary N) is 3. The SMILES string of the molecule is CC(N)C(=O)NC(CCC(=O)O)C(=O)NC(CCC(N)=O)C(=O)NC(C)C(=O)O. The fraction of sp³-hybridized carbons (Fsp3) is 0.625. The molecule has 0 aliphatic rings. The van der Waals surface area contributed by atoms with E-state index in [0.29, 0.717) is 0 Å². The van der Waals surface area contributed by atoms with Gasteiger partial charge in [-0.2, -0.15) is 0 Å². The fourth-order valence-electron chi connectivity index (χ4n) is 2.04. The summed E-state index contributed by atoms with van der Waals surface area (Å²) >= 11 is 0. The lowest BCUT2D eigenvalue weighted by molar-refractivity contribution is -0.142. The van der Waals surface area contributed by atoms with E-state index in [4.69, 9.17) is 21.7 Å². The number of nitrogens with two attached hydrogens (primary N) is 2. The molecule has 29 heavy (non-hydrogen) atoms. The van der Waals surface area contributed by atoms with E-state index >= 15 is 0 Å². The van der Waals surface area contributed by atoms with Crippen LogP contribution in [0.5, 0.6) is 0 Å². The van der Waals surface area contributed by atoms with Crippen molar-refractivity contribution in [2.24, 2.45) is 11.5 Å². The topological polar surface area (TPSA) is 231 Å². The maximum atomic E-state index is 12.5. The Morgan fingerprint density at radius 3 is 1.66 bits per heavy atom. The first-order chi connectivity index (χ1) is 13.3. The average molecular weight is 417 g/mol. The molecule has 0 aromatic rings. The molecule has 9 N–H and O–H groups in total. The lowest BCUT2D eigenvalue weighted by Gasteiger charge is -2.24. The highest BCUT2D eigenvalue weighted by Gasteiger charge is 2.29. The second-order valence-electron chi connectivity index (χ2n) is 6.42. The Bertz CT molecular complexity index is 651. The van der Waals surface area contributed by atoms with E-state index in [2.05, 4.69) is 16.0 Å². The van der Waals surface area contributed by atoms with Crippen molar-refractivity contribution in [2.45, 2.75) is 63.7 Å². The zero-order valence-electron chi connectivity index (χ0n) is 16.1. The minimum atomic E-state index is -1.34. The van der Waals surface area contributed by atoms with Crippen molar-refractivity contribution in [3.63, 3.8) is 0 Å². The zero-order valence-corrected chi connectivity index (χ0v) is 16.1. The summed E-state index contributed by atoms with van der Waals surface area (Å²) in [5.74, 6) is -5.78. The molecule has 0 heterocycles. The normalized spacial score (nSPS) is 14.6. The van der Waals surface area contributed by atoms with Crippen LogP contribution in [0.2, 0.25) is 0 Å². The first kappa shape index (κ1) is 25.8. The van der Waals surface area contributed by atoms with Crippen LogP contribution in [0.1, 0.15) is 39.5 Å². The van der Waals surface area contributed by atoms with Crippen LogP contribution >= 0.6 is 0 Å². The first-order valence-electron chi connectivity index (χ1n) is 8.74. The number of carbonyl (C=O) groups is 6. The van der Waals surface area contributed by atoms with Gasteiger partial charge in [0.25, 0.3) is 0 Å². The molecule has 4 unspecified atom stereocenters. The number of carboxylic acid groups (broad SMARTS) is 2. The van der Waals surface area contributed by atoms with Crippen LogP contribution in [-0.4, -0.2) is 69.9 Å². The van der Waals surface area contributed by atoms with Gasteiger partial charge in [-0.15, -0.1) is 0 Å². The van der Waals surface area contributed by atoms with Crippen molar-refractivity contribution in [3.8, 4) is 0 Å². The van der Waals surface area contributed by atoms with Gasteiger partial charge in [-0.3, -0.25) is 28.8 Å². The predicted octanol–water partition coefficient (Wildman–Crippen LogP) is -2.98. The molecule has 0 aromatic heterocycles. The van der Waals surface area contributed by atoms with Crippen LogP contribution in [-0.2, 0) is 28.8 Å². The third-order valence-electron chi connectivity index (χ3n) is 3.74. The van der Waals surface area contributed by atoms with Gasteiger partial charge in [0, 0.05) is 12.8 Å². The summed E-state index contributed by atoms with van der Waals surface area (Å²) in [5.41, 5.74) is 10.5. The summed E-state index contributed by atoms with van der Waals surface area (Å²) in [5, 5.41) is 24.4. The molecule has 0 fully saturated rings. The molecule has 4 amide bonds. The number of hydrogen-bond acceptors (Lipinski definition) is 7. The summed E-state index contributed by atoms with van der Waals surface area (Å²) in [6.07, 6.45) is -1.25. The van der Waals surface area contributed by atoms with Crippen molar-refractivity contribution in [1.29, 1.82) is 0 Å². The second kappa shape index (κ2) is 12.3. The van der Waals surface area contributed by atoms with Gasteiger partial charge >= 0.3 is 11.9 Å². The molecule has 0 spiro atoms. The molecular weight excluding hydrogens is 390 g/mol. The molecule has 0 aliphatic carbocycles. The smallest absolute Gasteiger partial charge is 0.325 e. The van der Waals surface area contributed by atoms with Crippen LogP contribution in [0.3, 0.4) is 0 Å². The number of hydrogen-bond donors (Lipinski definition) is 7. The minimum absolute atomic E-state index is 0.230. The minimum Gasteiger partial charge on any atom is -0.481 e. The fourth-order valence-corrected chi connectivity index (χ4v) is 2.04. The lowest BCUT2D eigenvalue weighted by atomic mass is 10.1. The Balaban J connectivity index is 5.36. The van der Waals surface area contributed by atoms with Gasteiger partial charge in [0.15, 0.2) is 0 Å². The van der Waals surface area contributed by atoms with Crippen molar-refractivity contribution >= 4 is 35.6 Å². The van der Waals surface area contributed by atoms with Gasteiger partial charge in [0.05, 0.1) is 6.04 Å². The van der Waals surface area contributed by atoms with E-state index in [1.54, 1.807) is 0 Å². The molecule has 4 atom stereocenters. The van der Waals surface area contributed by atoms with E-state index in [1.165, 1.54) is 13.8 Å². The number of rotatable bonds is 13. The number of aliphatic carboxylic acids is 2. The molecule has 0 saturated carbocycles. The molecule has 0 saturated heterocycles. The summed E-state index contributed by atoms with van der Waals surface area (Å²) in [4.78, 5) is 69.3. The molecule has 0 rings (SSSR count). The summed E-state index contributed by atoms with van der Waals surface area (Å²) in [7, 11) is 0. The quantitative estimate of drug-likeness (QED) is 0.162. The molecule has 0 aliphatic heterocycles. The number of primary amides is 1. The average Bonchev–Trinajstić information content (AvgIpc) is 2.60. The molecule has 164 valence electrons. The Hall–Kier alpha value is -3.22. The highest BCUT2D eigenvalue weighted by Crippen LogP contribution is 2.04. The molecular formula is C16H27N5O8. The summed E-state index contributed by atoms with van der Waals surface area (Å²) in [6, 6.07) is -4.89. The molecule has 0 aromatic carbocycles. The van der Waals surface area contributed by atoms with E-state index in [0.717, 1.165) is 0 Å². The Labute approximate surface area is 166 Å². The van der Waals surface area contributed by atoms with E-state index < -0.39 is 66.2 Å². The largest absolute Gasteiger partial charge is 0.481 e. The van der Waals surface area contributed by atoms with Crippen molar-refractivity contribution in [3.05, 3.63) is 0 Å². The predicted molar refractivity (Wildman–Crippen MR) is 98.0 cm³/mol. The zero-order chi connectivity index (χ0) is 22.7. The molecule has 13 nitrogen and oxygen atoms in total. The number of amides is 4. The van der Waals surface area contributed by atoms with E-state index in [-0.39, 0.29) is 19.3 Å². The summed E-state index contributed by atoms with van der Waals surface area (Å²) < 4.78 is 0. The highest BCUT2D eigenvalue weighted by atomic mass is 16.4. The van der Waals surface area contributed by atoms with Gasteiger partial charge in [0.1, 0.15) is 18.1 Å².